The maximum Gasteiger partial charge on any atom is 0.422 e. The van der Waals surface area contributed by atoms with Crippen molar-refractivity contribution >= 4 is 11.8 Å². The lowest BCUT2D eigenvalue weighted by Crippen LogP contribution is -2.19. The minimum Gasteiger partial charge on any atom is -0.483 e. The summed E-state index contributed by atoms with van der Waals surface area (Å²) >= 11 is 0. The van der Waals surface area contributed by atoms with Gasteiger partial charge in [0.1, 0.15) is 17.9 Å². The Labute approximate surface area is 112 Å². The van der Waals surface area contributed by atoms with Crippen LogP contribution in [0, 0.1) is 0 Å². The molecule has 1 aromatic heterocycles. The summed E-state index contributed by atoms with van der Waals surface area (Å²) in [7, 11) is 0. The first-order valence-electron chi connectivity index (χ1n) is 5.66. The van der Waals surface area contributed by atoms with Crippen LogP contribution < -0.4 is 4.74 Å². The lowest BCUT2D eigenvalue weighted by molar-refractivity contribution is -0.153. The molecule has 0 fully saturated rings. The number of hydrogen-bond donors (Lipinski definition) is 0. The van der Waals surface area contributed by atoms with Crippen LogP contribution in [0.15, 0.2) is 18.3 Å². The summed E-state index contributed by atoms with van der Waals surface area (Å²) in [5.74, 6) is -1.38. The standard InChI is InChI=1S/C12H12F3NO4/c1-2-19-11(18)5-10(17)9-4-3-8(6-16-9)20-7-12(13,14)15/h3-4,6H,2,5,7H2,1H3. The van der Waals surface area contributed by atoms with E-state index >= 15 is 0 Å². The van der Waals surface area contributed by atoms with Gasteiger partial charge in [-0.25, -0.2) is 4.98 Å². The van der Waals surface area contributed by atoms with E-state index in [1.54, 1.807) is 6.92 Å². The van der Waals surface area contributed by atoms with Crippen LogP contribution in [0.4, 0.5) is 13.2 Å². The monoisotopic (exact) mass is 291 g/mol. The Morgan fingerprint density at radius 1 is 1.30 bits per heavy atom. The topological polar surface area (TPSA) is 65.5 Å². The van der Waals surface area contributed by atoms with Gasteiger partial charge in [0.15, 0.2) is 12.4 Å². The number of carbonyl (C=O) groups is 2. The highest BCUT2D eigenvalue weighted by Gasteiger charge is 2.28. The van der Waals surface area contributed by atoms with Crippen molar-refractivity contribution in [3.8, 4) is 5.75 Å². The number of aromatic nitrogens is 1. The Bertz CT molecular complexity index is 471. The van der Waals surface area contributed by atoms with Gasteiger partial charge in [0, 0.05) is 0 Å². The molecule has 1 rings (SSSR count). The first-order valence-corrected chi connectivity index (χ1v) is 5.66. The second-order valence-corrected chi connectivity index (χ2v) is 3.69. The molecule has 0 aliphatic heterocycles. The van der Waals surface area contributed by atoms with Crippen LogP contribution in [-0.2, 0) is 9.53 Å². The highest BCUT2D eigenvalue weighted by atomic mass is 19.4. The van der Waals surface area contributed by atoms with Crippen molar-refractivity contribution < 1.29 is 32.2 Å². The molecule has 1 aromatic rings. The summed E-state index contributed by atoms with van der Waals surface area (Å²) in [5, 5.41) is 0. The van der Waals surface area contributed by atoms with E-state index in [0.29, 0.717) is 0 Å². The number of esters is 1. The first-order chi connectivity index (χ1) is 9.31. The fourth-order valence-electron chi connectivity index (χ4n) is 1.23. The van der Waals surface area contributed by atoms with Crippen LogP contribution in [0.2, 0.25) is 0 Å². The van der Waals surface area contributed by atoms with Crippen molar-refractivity contribution in [2.24, 2.45) is 0 Å². The Morgan fingerprint density at radius 3 is 2.50 bits per heavy atom. The van der Waals surface area contributed by atoms with Gasteiger partial charge in [0.05, 0.1) is 12.8 Å². The molecular weight excluding hydrogens is 279 g/mol. The average molecular weight is 291 g/mol. The summed E-state index contributed by atoms with van der Waals surface area (Å²) in [5.41, 5.74) is -0.0441. The van der Waals surface area contributed by atoms with Gasteiger partial charge in [-0.15, -0.1) is 0 Å². The van der Waals surface area contributed by atoms with Crippen LogP contribution in [0.1, 0.15) is 23.8 Å². The van der Waals surface area contributed by atoms with Crippen LogP contribution >= 0.6 is 0 Å². The molecule has 0 aliphatic rings. The van der Waals surface area contributed by atoms with Gasteiger partial charge in [0.2, 0.25) is 0 Å². The first kappa shape index (κ1) is 15.9. The number of ketones is 1. The molecule has 0 saturated carbocycles. The second kappa shape index (κ2) is 6.88. The highest BCUT2D eigenvalue weighted by Crippen LogP contribution is 2.18. The van der Waals surface area contributed by atoms with E-state index in [4.69, 9.17) is 0 Å². The zero-order valence-electron chi connectivity index (χ0n) is 10.6. The van der Waals surface area contributed by atoms with E-state index in [9.17, 15) is 22.8 Å². The van der Waals surface area contributed by atoms with Crippen molar-refractivity contribution in [1.29, 1.82) is 0 Å². The molecule has 0 radical (unpaired) electrons. The number of nitrogens with zero attached hydrogens (tertiary/aromatic N) is 1. The van der Waals surface area contributed by atoms with Gasteiger partial charge >= 0.3 is 12.1 Å². The molecule has 0 aromatic carbocycles. The van der Waals surface area contributed by atoms with E-state index in [-0.39, 0.29) is 18.1 Å². The van der Waals surface area contributed by atoms with Crippen LogP contribution in [0.25, 0.3) is 0 Å². The van der Waals surface area contributed by atoms with Gasteiger partial charge in [-0.3, -0.25) is 9.59 Å². The molecule has 0 aliphatic carbocycles. The largest absolute Gasteiger partial charge is 0.483 e. The Hall–Kier alpha value is -2.12. The molecule has 0 unspecified atom stereocenters. The number of hydrogen-bond acceptors (Lipinski definition) is 5. The minimum atomic E-state index is -4.45. The zero-order chi connectivity index (χ0) is 15.2. The van der Waals surface area contributed by atoms with Crippen LogP contribution in [-0.4, -0.2) is 36.1 Å². The normalized spacial score (nSPS) is 11.0. The number of ether oxygens (including phenoxy) is 2. The number of Topliss-reactive ketones (excluding diaryl/α,β-unsaturated/α-hetero) is 1. The SMILES string of the molecule is CCOC(=O)CC(=O)c1ccc(OCC(F)(F)F)cn1. The quantitative estimate of drug-likeness (QED) is 0.456. The van der Waals surface area contributed by atoms with Gasteiger partial charge < -0.3 is 9.47 Å². The van der Waals surface area contributed by atoms with Gasteiger partial charge in [-0.2, -0.15) is 13.2 Å². The van der Waals surface area contributed by atoms with Crippen molar-refractivity contribution in [2.45, 2.75) is 19.5 Å². The molecule has 20 heavy (non-hydrogen) atoms. The predicted octanol–water partition coefficient (Wildman–Crippen LogP) is 2.16. The Balaban J connectivity index is 2.57. The third-order valence-corrected chi connectivity index (χ3v) is 2.03. The summed E-state index contributed by atoms with van der Waals surface area (Å²) in [6.45, 7) is 0.321. The third-order valence-electron chi connectivity index (χ3n) is 2.03. The molecular formula is C12H12F3NO4. The molecule has 5 nitrogen and oxygen atoms in total. The highest BCUT2D eigenvalue weighted by molar-refractivity contribution is 6.04. The summed E-state index contributed by atoms with van der Waals surface area (Å²) < 4.78 is 44.8. The predicted molar refractivity (Wildman–Crippen MR) is 61.4 cm³/mol. The molecule has 0 spiro atoms. The fraction of sp³-hybridized carbons (Fsp3) is 0.417. The summed E-state index contributed by atoms with van der Waals surface area (Å²) in [6, 6.07) is 2.37. The molecule has 0 atom stereocenters. The number of halogens is 3. The van der Waals surface area contributed by atoms with Crippen LogP contribution in [0.3, 0.4) is 0 Å². The van der Waals surface area contributed by atoms with E-state index in [2.05, 4.69) is 14.5 Å². The summed E-state index contributed by atoms with van der Waals surface area (Å²) in [4.78, 5) is 26.3. The Morgan fingerprint density at radius 2 is 2.00 bits per heavy atom. The van der Waals surface area contributed by atoms with Gasteiger partial charge in [0.25, 0.3) is 0 Å². The Kier molecular flexibility index (Phi) is 5.48. The number of alkyl halides is 3. The number of carbonyl (C=O) groups excluding carboxylic acids is 2. The maximum atomic E-state index is 11.9. The third kappa shape index (κ3) is 5.68. The van der Waals surface area contributed by atoms with Gasteiger partial charge in [-0.05, 0) is 19.1 Å². The zero-order valence-corrected chi connectivity index (χ0v) is 10.6. The molecule has 8 heteroatoms. The number of pyridine rings is 1. The molecule has 0 saturated heterocycles. The summed E-state index contributed by atoms with van der Waals surface area (Å²) in [6.07, 6.45) is -3.92. The molecule has 0 amide bonds. The van der Waals surface area contributed by atoms with Gasteiger partial charge in [-0.1, -0.05) is 0 Å². The van der Waals surface area contributed by atoms with Crippen LogP contribution in [0.5, 0.6) is 5.75 Å². The molecule has 0 N–H and O–H groups in total. The van der Waals surface area contributed by atoms with E-state index in [1.807, 2.05) is 0 Å². The number of rotatable bonds is 6. The lowest BCUT2D eigenvalue weighted by atomic mass is 10.2. The van der Waals surface area contributed by atoms with E-state index in [1.165, 1.54) is 12.1 Å². The fourth-order valence-corrected chi connectivity index (χ4v) is 1.23. The van der Waals surface area contributed by atoms with Crippen molar-refractivity contribution in [3.05, 3.63) is 24.0 Å². The smallest absolute Gasteiger partial charge is 0.422 e. The molecule has 0 bridgehead atoms. The van der Waals surface area contributed by atoms with Crippen molar-refractivity contribution in [3.63, 3.8) is 0 Å². The molecule has 110 valence electrons. The molecule has 1 heterocycles. The van der Waals surface area contributed by atoms with Crippen molar-refractivity contribution in [1.82, 2.24) is 4.98 Å². The maximum absolute atomic E-state index is 11.9. The van der Waals surface area contributed by atoms with E-state index in [0.717, 1.165) is 6.20 Å². The second-order valence-electron chi connectivity index (χ2n) is 3.69. The van der Waals surface area contributed by atoms with Crippen molar-refractivity contribution in [2.75, 3.05) is 13.2 Å². The lowest BCUT2D eigenvalue weighted by Gasteiger charge is -2.08. The van der Waals surface area contributed by atoms with E-state index < -0.39 is 31.0 Å². The average Bonchev–Trinajstić information content (AvgIpc) is 2.36. The minimum absolute atomic E-state index is 0.0441.